The van der Waals surface area contributed by atoms with Gasteiger partial charge in [0, 0.05) is 51.6 Å². The fourth-order valence-corrected chi connectivity index (χ4v) is 5.66. The fourth-order valence-electron chi connectivity index (χ4n) is 5.66. The molecule has 2 atom stereocenters. The van der Waals surface area contributed by atoms with E-state index in [1.54, 1.807) is 27.9 Å². The van der Waals surface area contributed by atoms with Gasteiger partial charge in [0.15, 0.2) is 0 Å². The lowest BCUT2D eigenvalue weighted by atomic mass is 9.87. The molecule has 0 saturated heterocycles. The van der Waals surface area contributed by atoms with Crippen molar-refractivity contribution in [1.29, 1.82) is 0 Å². The summed E-state index contributed by atoms with van der Waals surface area (Å²) in [5.74, 6) is 1.51. The average molecular weight is 545 g/mol. The van der Waals surface area contributed by atoms with Gasteiger partial charge in [-0.05, 0) is 81.1 Å². The third-order valence-electron chi connectivity index (χ3n) is 8.33. The molecular weight excluding hydrogens is 504 g/mol. The van der Waals surface area contributed by atoms with Crippen LogP contribution >= 0.6 is 0 Å². The standard InChI is InChI=1S/C15H21NO4.C14H19NO4/c1-9-10(2)14-12(11(3)13(9)16(17)18)6-7-15(4,20-14)8-19-5;1-8-9(2)13-11(10(3)12(8)15(17)18)5-6-14(4,7-16)19-13/h6-8H2,1-5H3;16H,5-7H2,1-4H3. The van der Waals surface area contributed by atoms with E-state index >= 15 is 0 Å². The molecule has 0 aliphatic carbocycles. The van der Waals surface area contributed by atoms with Gasteiger partial charge in [-0.15, -0.1) is 0 Å². The molecule has 0 radical (unpaired) electrons. The first-order valence-electron chi connectivity index (χ1n) is 13.1. The number of fused-ring (bicyclic) bond motifs is 2. The highest BCUT2D eigenvalue weighted by atomic mass is 16.6. The van der Waals surface area contributed by atoms with Crippen LogP contribution in [0.4, 0.5) is 11.4 Å². The van der Waals surface area contributed by atoms with E-state index in [-0.39, 0.29) is 33.4 Å². The number of rotatable bonds is 5. The Hall–Kier alpha value is -3.24. The number of nitro groups is 2. The summed E-state index contributed by atoms with van der Waals surface area (Å²) in [4.78, 5) is 21.8. The van der Waals surface area contributed by atoms with Crippen LogP contribution in [0.2, 0.25) is 0 Å². The predicted molar refractivity (Wildman–Crippen MR) is 148 cm³/mol. The van der Waals surface area contributed by atoms with E-state index in [1.807, 2.05) is 34.6 Å². The number of benzene rings is 2. The predicted octanol–water partition coefficient (Wildman–Crippen LogP) is 5.85. The zero-order chi connectivity index (χ0) is 29.4. The molecule has 2 aromatic carbocycles. The molecule has 0 bridgehead atoms. The van der Waals surface area contributed by atoms with Crippen LogP contribution in [0.15, 0.2) is 0 Å². The van der Waals surface area contributed by atoms with Gasteiger partial charge < -0.3 is 19.3 Å². The van der Waals surface area contributed by atoms with Crippen LogP contribution in [-0.2, 0) is 17.6 Å². The molecule has 10 heteroatoms. The maximum atomic E-state index is 11.3. The molecule has 10 nitrogen and oxygen atoms in total. The van der Waals surface area contributed by atoms with Crippen molar-refractivity contribution in [3.8, 4) is 11.5 Å². The monoisotopic (exact) mass is 544 g/mol. The van der Waals surface area contributed by atoms with Gasteiger partial charge in [-0.2, -0.15) is 0 Å². The number of aliphatic hydroxyl groups excluding tert-OH is 1. The Bertz CT molecular complexity index is 1320. The first-order chi connectivity index (χ1) is 18.1. The molecule has 0 aromatic heterocycles. The summed E-state index contributed by atoms with van der Waals surface area (Å²) in [7, 11) is 1.66. The second-order valence-corrected chi connectivity index (χ2v) is 11.3. The van der Waals surface area contributed by atoms with Gasteiger partial charge in [0.2, 0.25) is 0 Å². The van der Waals surface area contributed by atoms with E-state index in [4.69, 9.17) is 14.2 Å². The highest BCUT2D eigenvalue weighted by molar-refractivity contribution is 5.63. The van der Waals surface area contributed by atoms with Crippen LogP contribution in [0, 0.1) is 61.8 Å². The lowest BCUT2D eigenvalue weighted by Crippen LogP contribution is -2.41. The number of hydrogen-bond donors (Lipinski definition) is 1. The molecule has 2 unspecified atom stereocenters. The van der Waals surface area contributed by atoms with Crippen molar-refractivity contribution in [2.24, 2.45) is 0 Å². The van der Waals surface area contributed by atoms with Gasteiger partial charge >= 0.3 is 0 Å². The molecule has 39 heavy (non-hydrogen) atoms. The van der Waals surface area contributed by atoms with E-state index in [0.29, 0.717) is 41.9 Å². The normalized spacial score (nSPS) is 21.5. The molecule has 0 fully saturated rings. The van der Waals surface area contributed by atoms with Gasteiger partial charge in [-0.3, -0.25) is 20.2 Å². The number of hydrogen-bond acceptors (Lipinski definition) is 8. The Morgan fingerprint density at radius 3 is 1.49 bits per heavy atom. The maximum Gasteiger partial charge on any atom is 0.275 e. The lowest BCUT2D eigenvalue weighted by molar-refractivity contribution is -0.386. The molecule has 0 saturated carbocycles. The Balaban J connectivity index is 0.000000216. The highest BCUT2D eigenvalue weighted by Crippen LogP contribution is 2.44. The van der Waals surface area contributed by atoms with Crippen LogP contribution in [-0.4, -0.2) is 46.5 Å². The minimum absolute atomic E-state index is 0.0546. The van der Waals surface area contributed by atoms with Crippen LogP contribution in [0.25, 0.3) is 0 Å². The third-order valence-corrected chi connectivity index (χ3v) is 8.33. The Labute approximate surface area is 229 Å². The van der Waals surface area contributed by atoms with E-state index in [0.717, 1.165) is 46.4 Å². The minimum Gasteiger partial charge on any atom is -0.485 e. The zero-order valence-electron chi connectivity index (χ0n) is 24.4. The molecule has 2 aromatic rings. The smallest absolute Gasteiger partial charge is 0.275 e. The lowest BCUT2D eigenvalue weighted by Gasteiger charge is -2.37. The number of ether oxygens (including phenoxy) is 3. The third kappa shape index (κ3) is 5.58. The summed E-state index contributed by atoms with van der Waals surface area (Å²) >= 11 is 0. The van der Waals surface area contributed by atoms with Crippen LogP contribution in [0.3, 0.4) is 0 Å². The second kappa shape index (κ2) is 11.1. The van der Waals surface area contributed by atoms with Crippen LogP contribution in [0.5, 0.6) is 11.5 Å². The van der Waals surface area contributed by atoms with E-state index in [2.05, 4.69) is 0 Å². The van der Waals surface area contributed by atoms with Gasteiger partial charge in [0.1, 0.15) is 22.7 Å². The van der Waals surface area contributed by atoms with Gasteiger partial charge in [0.25, 0.3) is 11.4 Å². The Morgan fingerprint density at radius 1 is 0.744 bits per heavy atom. The topological polar surface area (TPSA) is 134 Å². The molecule has 1 N–H and O–H groups in total. The van der Waals surface area contributed by atoms with Crippen molar-refractivity contribution in [2.45, 2.75) is 92.3 Å². The molecule has 2 heterocycles. The maximum absolute atomic E-state index is 11.3. The summed E-state index contributed by atoms with van der Waals surface area (Å²) in [5.41, 5.74) is 5.73. The van der Waals surface area contributed by atoms with Gasteiger partial charge in [-0.1, -0.05) is 0 Å². The fraction of sp³-hybridized carbons (Fsp3) is 0.586. The molecular formula is C29H40N2O8. The summed E-state index contributed by atoms with van der Waals surface area (Å²) in [5, 5.41) is 31.9. The van der Waals surface area contributed by atoms with Crippen LogP contribution < -0.4 is 9.47 Å². The highest BCUT2D eigenvalue weighted by Gasteiger charge is 2.37. The summed E-state index contributed by atoms with van der Waals surface area (Å²) in [6.07, 6.45) is 2.94. The van der Waals surface area contributed by atoms with Crippen molar-refractivity contribution >= 4 is 11.4 Å². The molecule has 0 amide bonds. The molecule has 214 valence electrons. The largest absolute Gasteiger partial charge is 0.485 e. The van der Waals surface area contributed by atoms with E-state index < -0.39 is 5.60 Å². The van der Waals surface area contributed by atoms with E-state index in [9.17, 15) is 25.3 Å². The minimum atomic E-state index is -0.591. The van der Waals surface area contributed by atoms with Crippen molar-refractivity contribution in [1.82, 2.24) is 0 Å². The molecule has 2 aliphatic heterocycles. The molecule has 0 spiro atoms. The second-order valence-electron chi connectivity index (χ2n) is 11.3. The zero-order valence-corrected chi connectivity index (χ0v) is 24.4. The number of methoxy groups -OCH3 is 1. The van der Waals surface area contributed by atoms with Gasteiger partial charge in [0.05, 0.1) is 23.1 Å². The van der Waals surface area contributed by atoms with Crippen molar-refractivity contribution in [3.05, 3.63) is 64.7 Å². The quantitative estimate of drug-likeness (QED) is 0.366. The number of nitrogens with zero attached hydrogens (tertiary/aromatic N) is 2. The van der Waals surface area contributed by atoms with Crippen molar-refractivity contribution in [3.63, 3.8) is 0 Å². The summed E-state index contributed by atoms with van der Waals surface area (Å²) in [6.45, 7) is 15.2. The van der Waals surface area contributed by atoms with E-state index in [1.165, 1.54) is 0 Å². The van der Waals surface area contributed by atoms with Gasteiger partial charge in [-0.25, -0.2) is 0 Å². The molecule has 4 rings (SSSR count). The number of nitro benzene ring substituents is 2. The first-order valence-corrected chi connectivity index (χ1v) is 13.1. The summed E-state index contributed by atoms with van der Waals surface area (Å²) in [6, 6.07) is 0. The summed E-state index contributed by atoms with van der Waals surface area (Å²) < 4.78 is 17.3. The molecule has 2 aliphatic rings. The Kier molecular flexibility index (Phi) is 8.62. The average Bonchev–Trinajstić information content (AvgIpc) is 2.86. The van der Waals surface area contributed by atoms with Crippen molar-refractivity contribution < 1.29 is 29.2 Å². The number of aliphatic hydroxyl groups is 1. The van der Waals surface area contributed by atoms with Crippen molar-refractivity contribution in [2.75, 3.05) is 20.3 Å². The van der Waals surface area contributed by atoms with Crippen LogP contribution in [0.1, 0.15) is 71.2 Å². The first kappa shape index (κ1) is 30.3. The SMILES string of the molecule is COCC1(C)CCc2c(C)c([N+](=O)[O-])c(C)c(C)c2O1.Cc1c(C)c([N+](=O)[O-])c(C)c2c1OC(C)(CO)CC2. The Morgan fingerprint density at radius 2 is 1.13 bits per heavy atom.